The van der Waals surface area contributed by atoms with Crippen LogP contribution in [0.1, 0.15) is 12.5 Å². The first-order valence-corrected chi connectivity index (χ1v) is 4.93. The zero-order chi connectivity index (χ0) is 12.0. The summed E-state index contributed by atoms with van der Waals surface area (Å²) in [6, 6.07) is 9.90. The first-order chi connectivity index (χ1) is 7.62. The number of alkyl halides is 1. The van der Waals surface area contributed by atoms with E-state index < -0.39 is 11.6 Å². The van der Waals surface area contributed by atoms with Crippen molar-refractivity contribution >= 4 is 5.97 Å². The Kier molecular flexibility index (Phi) is 4.01. The van der Waals surface area contributed by atoms with Gasteiger partial charge in [-0.1, -0.05) is 30.3 Å². The number of carbonyl (C=O) groups excluding carboxylic acids is 1. The lowest BCUT2D eigenvalue weighted by Gasteiger charge is -2.15. The van der Waals surface area contributed by atoms with Gasteiger partial charge in [0.25, 0.3) is 5.67 Å². The van der Waals surface area contributed by atoms with Gasteiger partial charge < -0.3 is 4.74 Å². The van der Waals surface area contributed by atoms with E-state index in [1.807, 2.05) is 0 Å². The molecule has 84 valence electrons. The number of carbonyl (C=O) groups is 1. The van der Waals surface area contributed by atoms with Crippen LogP contribution in [0.2, 0.25) is 0 Å². The summed E-state index contributed by atoms with van der Waals surface area (Å²) in [7, 11) is 0. The molecule has 0 aliphatic carbocycles. The molecular formula is C12H12FNO2. The van der Waals surface area contributed by atoms with Gasteiger partial charge in [0, 0.05) is 6.42 Å². The van der Waals surface area contributed by atoms with E-state index in [-0.39, 0.29) is 13.0 Å². The van der Waals surface area contributed by atoms with Crippen molar-refractivity contribution in [3.8, 4) is 6.07 Å². The molecule has 0 spiro atoms. The Morgan fingerprint density at radius 2 is 2.12 bits per heavy atom. The van der Waals surface area contributed by atoms with E-state index in [0.717, 1.165) is 0 Å². The van der Waals surface area contributed by atoms with E-state index >= 15 is 0 Å². The molecule has 0 aliphatic heterocycles. The van der Waals surface area contributed by atoms with E-state index in [1.54, 1.807) is 37.3 Å². The minimum atomic E-state index is -2.60. The van der Waals surface area contributed by atoms with Crippen LogP contribution in [0.15, 0.2) is 30.3 Å². The summed E-state index contributed by atoms with van der Waals surface area (Å²) in [6.07, 6.45) is -0.289. The quantitative estimate of drug-likeness (QED) is 0.731. The predicted molar refractivity (Wildman–Crippen MR) is 56.2 cm³/mol. The van der Waals surface area contributed by atoms with E-state index in [2.05, 4.69) is 4.74 Å². The fourth-order valence-electron chi connectivity index (χ4n) is 1.28. The van der Waals surface area contributed by atoms with E-state index in [4.69, 9.17) is 5.26 Å². The highest BCUT2D eigenvalue weighted by Gasteiger charge is 2.40. The molecule has 0 saturated carbocycles. The van der Waals surface area contributed by atoms with Gasteiger partial charge in [0.1, 0.15) is 6.07 Å². The third-order valence-electron chi connectivity index (χ3n) is 2.07. The largest absolute Gasteiger partial charge is 0.463 e. The van der Waals surface area contributed by atoms with Crippen molar-refractivity contribution in [2.24, 2.45) is 0 Å². The van der Waals surface area contributed by atoms with Crippen LogP contribution in [0.3, 0.4) is 0 Å². The first-order valence-electron chi connectivity index (χ1n) is 4.93. The third-order valence-corrected chi connectivity index (χ3v) is 2.07. The van der Waals surface area contributed by atoms with Crippen molar-refractivity contribution in [2.45, 2.75) is 19.0 Å². The Hall–Kier alpha value is -1.89. The SMILES string of the molecule is CCOC(=O)C(F)(C#N)Cc1ccccc1. The van der Waals surface area contributed by atoms with Gasteiger partial charge in [0.2, 0.25) is 0 Å². The maximum atomic E-state index is 14.0. The maximum absolute atomic E-state index is 14.0. The molecule has 16 heavy (non-hydrogen) atoms. The van der Waals surface area contributed by atoms with Crippen molar-refractivity contribution in [1.82, 2.24) is 0 Å². The van der Waals surface area contributed by atoms with Crippen LogP contribution in [-0.2, 0) is 16.0 Å². The number of rotatable bonds is 4. The lowest BCUT2D eigenvalue weighted by atomic mass is 9.98. The summed E-state index contributed by atoms with van der Waals surface area (Å²) < 4.78 is 18.5. The van der Waals surface area contributed by atoms with Crippen LogP contribution in [0.4, 0.5) is 4.39 Å². The fraction of sp³-hybridized carbons (Fsp3) is 0.333. The summed E-state index contributed by atoms with van der Waals surface area (Å²) in [5.41, 5.74) is -2.02. The molecule has 0 saturated heterocycles. The first kappa shape index (κ1) is 12.2. The Bertz CT molecular complexity index is 399. The van der Waals surface area contributed by atoms with E-state index in [9.17, 15) is 9.18 Å². The minimum absolute atomic E-state index is 0.0565. The van der Waals surface area contributed by atoms with Gasteiger partial charge in [-0.15, -0.1) is 0 Å². The van der Waals surface area contributed by atoms with E-state index in [1.165, 1.54) is 6.07 Å². The molecule has 3 nitrogen and oxygen atoms in total. The Morgan fingerprint density at radius 1 is 1.50 bits per heavy atom. The number of nitriles is 1. The van der Waals surface area contributed by atoms with Gasteiger partial charge in [-0.25, -0.2) is 9.18 Å². The maximum Gasteiger partial charge on any atom is 0.359 e. The third kappa shape index (κ3) is 2.80. The zero-order valence-electron chi connectivity index (χ0n) is 8.94. The van der Waals surface area contributed by atoms with Crippen LogP contribution >= 0.6 is 0 Å². The monoisotopic (exact) mass is 221 g/mol. The second-order valence-electron chi connectivity index (χ2n) is 3.30. The average molecular weight is 221 g/mol. The van der Waals surface area contributed by atoms with Crippen molar-refractivity contribution < 1.29 is 13.9 Å². The number of benzene rings is 1. The number of hydrogen-bond donors (Lipinski definition) is 0. The summed E-state index contributed by atoms with van der Waals surface area (Å²) >= 11 is 0. The van der Waals surface area contributed by atoms with Crippen molar-refractivity contribution in [2.75, 3.05) is 6.61 Å². The standard InChI is InChI=1S/C12H12FNO2/c1-2-16-11(15)12(13,9-14)8-10-6-4-3-5-7-10/h3-7H,2,8H2,1H3. The summed E-state index contributed by atoms with van der Waals surface area (Å²) in [6.45, 7) is 1.62. The summed E-state index contributed by atoms with van der Waals surface area (Å²) in [5, 5.41) is 8.72. The highest BCUT2D eigenvalue weighted by molar-refractivity contribution is 5.83. The molecule has 0 amide bonds. The molecule has 1 aromatic rings. The fourth-order valence-corrected chi connectivity index (χ4v) is 1.28. The Balaban J connectivity index is 2.83. The molecule has 0 radical (unpaired) electrons. The Labute approximate surface area is 93.5 Å². The second kappa shape index (κ2) is 5.26. The van der Waals surface area contributed by atoms with Crippen LogP contribution in [-0.4, -0.2) is 18.2 Å². The normalized spacial score (nSPS) is 13.6. The molecule has 0 fully saturated rings. The number of nitrogens with zero attached hydrogens (tertiary/aromatic N) is 1. The summed E-state index contributed by atoms with van der Waals surface area (Å²) in [4.78, 5) is 11.3. The van der Waals surface area contributed by atoms with Crippen LogP contribution in [0.5, 0.6) is 0 Å². The zero-order valence-corrected chi connectivity index (χ0v) is 8.94. The number of halogens is 1. The molecule has 0 aromatic heterocycles. The van der Waals surface area contributed by atoms with Gasteiger partial charge in [-0.3, -0.25) is 0 Å². The highest BCUT2D eigenvalue weighted by Crippen LogP contribution is 2.19. The Morgan fingerprint density at radius 3 is 2.62 bits per heavy atom. The lowest BCUT2D eigenvalue weighted by molar-refractivity contribution is -0.153. The second-order valence-corrected chi connectivity index (χ2v) is 3.30. The van der Waals surface area contributed by atoms with Gasteiger partial charge in [0.15, 0.2) is 0 Å². The molecule has 1 unspecified atom stereocenters. The topological polar surface area (TPSA) is 50.1 Å². The molecule has 0 N–H and O–H groups in total. The molecule has 0 heterocycles. The molecule has 0 bridgehead atoms. The molecule has 4 heteroatoms. The van der Waals surface area contributed by atoms with Crippen molar-refractivity contribution in [3.05, 3.63) is 35.9 Å². The van der Waals surface area contributed by atoms with E-state index in [0.29, 0.717) is 5.56 Å². The molecule has 0 aliphatic rings. The molecule has 1 atom stereocenters. The van der Waals surface area contributed by atoms with Gasteiger partial charge in [0.05, 0.1) is 6.61 Å². The predicted octanol–water partition coefficient (Wildman–Crippen LogP) is 2.02. The van der Waals surface area contributed by atoms with Crippen LogP contribution in [0, 0.1) is 11.3 Å². The molecule has 1 aromatic carbocycles. The summed E-state index contributed by atoms with van der Waals surface area (Å²) in [5.74, 6) is -1.12. The van der Waals surface area contributed by atoms with Gasteiger partial charge >= 0.3 is 5.97 Å². The highest BCUT2D eigenvalue weighted by atomic mass is 19.1. The number of ether oxygens (including phenoxy) is 1. The lowest BCUT2D eigenvalue weighted by Crippen LogP contribution is -2.36. The molecular weight excluding hydrogens is 209 g/mol. The average Bonchev–Trinajstić information content (AvgIpc) is 2.30. The van der Waals surface area contributed by atoms with Gasteiger partial charge in [-0.2, -0.15) is 5.26 Å². The smallest absolute Gasteiger partial charge is 0.359 e. The van der Waals surface area contributed by atoms with Crippen LogP contribution in [0.25, 0.3) is 0 Å². The van der Waals surface area contributed by atoms with Crippen molar-refractivity contribution in [1.29, 1.82) is 5.26 Å². The van der Waals surface area contributed by atoms with Crippen LogP contribution < -0.4 is 0 Å². The minimum Gasteiger partial charge on any atom is -0.463 e. The van der Waals surface area contributed by atoms with Crippen molar-refractivity contribution in [3.63, 3.8) is 0 Å². The van der Waals surface area contributed by atoms with Gasteiger partial charge in [-0.05, 0) is 12.5 Å². The number of hydrogen-bond acceptors (Lipinski definition) is 3. The number of esters is 1. The molecule has 1 rings (SSSR count).